The number of amides is 1. The Kier molecular flexibility index (Phi) is 5.53. The Balaban J connectivity index is 1.63. The molecule has 26 heavy (non-hydrogen) atoms. The zero-order valence-corrected chi connectivity index (χ0v) is 16.2. The molecule has 0 aliphatic heterocycles. The molecule has 8 heteroatoms. The smallest absolute Gasteiger partial charge is 0.348 e. The highest BCUT2D eigenvalue weighted by atomic mass is 32.1. The number of rotatable bonds is 7. The van der Waals surface area contributed by atoms with Crippen LogP contribution in [-0.4, -0.2) is 39.7 Å². The number of fused-ring (bicyclic) bond motifs is 1. The number of aryl methyl sites for hydroxylation is 2. The molecule has 0 spiro atoms. The van der Waals surface area contributed by atoms with Gasteiger partial charge in [0.2, 0.25) is 0 Å². The molecule has 0 saturated heterocycles. The topological polar surface area (TPSA) is 64.4 Å². The Morgan fingerprint density at radius 2 is 2.27 bits per heavy atom. The molecule has 0 N–H and O–H groups in total. The molecule has 3 rings (SSSR count). The van der Waals surface area contributed by atoms with Crippen LogP contribution in [-0.2, 0) is 23.1 Å². The Morgan fingerprint density at radius 1 is 1.46 bits per heavy atom. The number of ether oxygens (including phenoxy) is 1. The monoisotopic (exact) mass is 389 g/mol. The number of hydrogen-bond acceptors (Lipinski definition) is 6. The Labute approximate surface area is 159 Å². The third kappa shape index (κ3) is 3.86. The van der Waals surface area contributed by atoms with Crippen molar-refractivity contribution in [1.29, 1.82) is 0 Å². The molecule has 0 radical (unpaired) electrons. The second-order valence-corrected chi connectivity index (χ2v) is 7.82. The highest BCUT2D eigenvalue weighted by Crippen LogP contribution is 2.28. The van der Waals surface area contributed by atoms with Crippen molar-refractivity contribution in [3.63, 3.8) is 0 Å². The van der Waals surface area contributed by atoms with E-state index in [-0.39, 0.29) is 12.5 Å². The number of thiophene rings is 2. The largest absolute Gasteiger partial charge is 0.451 e. The molecule has 3 aromatic rings. The van der Waals surface area contributed by atoms with Gasteiger partial charge < -0.3 is 9.64 Å². The van der Waals surface area contributed by atoms with Crippen molar-refractivity contribution >= 4 is 44.8 Å². The molecule has 1 amide bonds. The Bertz CT molecular complexity index is 906. The molecule has 0 bridgehead atoms. The first-order valence-electron chi connectivity index (χ1n) is 8.01. The predicted octanol–water partition coefficient (Wildman–Crippen LogP) is 3.38. The third-order valence-electron chi connectivity index (χ3n) is 3.85. The molecular weight excluding hydrogens is 370 g/mol. The summed E-state index contributed by atoms with van der Waals surface area (Å²) in [6.45, 7) is 6.18. The van der Waals surface area contributed by atoms with Crippen molar-refractivity contribution < 1.29 is 14.3 Å². The van der Waals surface area contributed by atoms with Crippen LogP contribution in [0.2, 0.25) is 0 Å². The van der Waals surface area contributed by atoms with E-state index in [1.807, 2.05) is 31.5 Å². The molecule has 0 unspecified atom stereocenters. The van der Waals surface area contributed by atoms with Gasteiger partial charge in [0.25, 0.3) is 5.91 Å². The molecule has 0 saturated carbocycles. The molecule has 3 aromatic heterocycles. The van der Waals surface area contributed by atoms with Gasteiger partial charge in [-0.1, -0.05) is 12.1 Å². The summed E-state index contributed by atoms with van der Waals surface area (Å²) in [5.41, 5.74) is 0.863. The zero-order chi connectivity index (χ0) is 18.7. The van der Waals surface area contributed by atoms with Crippen LogP contribution >= 0.6 is 22.7 Å². The summed E-state index contributed by atoms with van der Waals surface area (Å²) < 4.78 is 6.97. The van der Waals surface area contributed by atoms with E-state index in [2.05, 4.69) is 11.7 Å². The summed E-state index contributed by atoms with van der Waals surface area (Å²) >= 11 is 2.89. The van der Waals surface area contributed by atoms with E-state index >= 15 is 0 Å². The van der Waals surface area contributed by atoms with Gasteiger partial charge in [-0.15, -0.1) is 29.3 Å². The highest BCUT2D eigenvalue weighted by Gasteiger charge is 2.19. The molecule has 6 nitrogen and oxygen atoms in total. The first-order chi connectivity index (χ1) is 12.5. The van der Waals surface area contributed by atoms with Crippen molar-refractivity contribution in [1.82, 2.24) is 14.7 Å². The maximum Gasteiger partial charge on any atom is 0.348 e. The fraction of sp³-hybridized carbons (Fsp3) is 0.278. The first kappa shape index (κ1) is 18.3. The molecule has 0 atom stereocenters. The number of aromatic nitrogens is 2. The Morgan fingerprint density at radius 3 is 2.92 bits per heavy atom. The minimum atomic E-state index is -0.492. The number of nitrogens with zero attached hydrogens (tertiary/aromatic N) is 3. The van der Waals surface area contributed by atoms with E-state index in [1.54, 1.807) is 33.1 Å². The van der Waals surface area contributed by atoms with Crippen molar-refractivity contribution in [3.8, 4) is 0 Å². The average molecular weight is 390 g/mol. The molecule has 0 fully saturated rings. The quantitative estimate of drug-likeness (QED) is 0.459. The summed E-state index contributed by atoms with van der Waals surface area (Å²) in [4.78, 5) is 28.8. The number of esters is 1. The van der Waals surface area contributed by atoms with Gasteiger partial charge in [-0.05, 0) is 24.4 Å². The summed E-state index contributed by atoms with van der Waals surface area (Å²) in [6, 6.07) is 5.67. The van der Waals surface area contributed by atoms with Crippen molar-refractivity contribution in [3.05, 3.63) is 51.7 Å². The van der Waals surface area contributed by atoms with Gasteiger partial charge in [0.15, 0.2) is 6.61 Å². The summed E-state index contributed by atoms with van der Waals surface area (Å²) in [5, 5.41) is 7.20. The van der Waals surface area contributed by atoms with Crippen molar-refractivity contribution in [2.24, 2.45) is 7.05 Å². The van der Waals surface area contributed by atoms with Crippen LogP contribution in [0.4, 0.5) is 0 Å². The Hall–Kier alpha value is -2.45. The summed E-state index contributed by atoms with van der Waals surface area (Å²) in [7, 11) is 1.84. The van der Waals surface area contributed by atoms with Gasteiger partial charge in [0, 0.05) is 23.9 Å². The van der Waals surface area contributed by atoms with E-state index in [4.69, 9.17) is 4.74 Å². The lowest BCUT2D eigenvalue weighted by atomic mass is 10.3. The molecular formula is C18H19N3O3S2. The standard InChI is InChI=1S/C18H19N3O3S2/c1-4-7-21(10-13-6-5-8-25-13)16(22)11-24-18(23)15-9-14-12(2)19-20(3)17(14)26-15/h4-6,8-9H,1,7,10-11H2,2-3H3. The second-order valence-electron chi connectivity index (χ2n) is 5.76. The zero-order valence-electron chi connectivity index (χ0n) is 14.6. The minimum Gasteiger partial charge on any atom is -0.451 e. The third-order valence-corrected chi connectivity index (χ3v) is 5.90. The predicted molar refractivity (Wildman–Crippen MR) is 104 cm³/mol. The summed E-state index contributed by atoms with van der Waals surface area (Å²) in [6.07, 6.45) is 1.66. The van der Waals surface area contributed by atoms with Gasteiger partial charge in [-0.3, -0.25) is 9.48 Å². The second kappa shape index (κ2) is 7.84. The van der Waals surface area contributed by atoms with Crippen LogP contribution in [0.15, 0.2) is 36.2 Å². The SMILES string of the molecule is C=CCN(Cc1cccs1)C(=O)COC(=O)c1cc2c(C)nn(C)c2s1. The van der Waals surface area contributed by atoms with Crippen LogP contribution in [0.3, 0.4) is 0 Å². The fourth-order valence-electron chi connectivity index (χ4n) is 2.60. The van der Waals surface area contributed by atoms with E-state index in [1.165, 1.54) is 11.3 Å². The minimum absolute atomic E-state index is 0.245. The van der Waals surface area contributed by atoms with Gasteiger partial charge in [-0.25, -0.2) is 4.79 Å². The van der Waals surface area contributed by atoms with Gasteiger partial charge in [-0.2, -0.15) is 5.10 Å². The van der Waals surface area contributed by atoms with Gasteiger partial charge in [0.05, 0.1) is 12.2 Å². The number of carbonyl (C=O) groups is 2. The van der Waals surface area contributed by atoms with Gasteiger partial charge >= 0.3 is 5.97 Å². The average Bonchev–Trinajstić information content (AvgIpc) is 3.32. The maximum atomic E-state index is 12.4. The van der Waals surface area contributed by atoms with Crippen molar-refractivity contribution in [2.45, 2.75) is 13.5 Å². The van der Waals surface area contributed by atoms with Crippen LogP contribution in [0, 0.1) is 6.92 Å². The van der Waals surface area contributed by atoms with E-state index in [0.717, 1.165) is 20.8 Å². The van der Waals surface area contributed by atoms with Crippen LogP contribution in [0.25, 0.3) is 10.2 Å². The normalized spacial score (nSPS) is 10.8. The molecule has 136 valence electrons. The van der Waals surface area contributed by atoms with Crippen LogP contribution in [0.1, 0.15) is 20.2 Å². The lowest BCUT2D eigenvalue weighted by molar-refractivity contribution is -0.134. The molecule has 3 heterocycles. The lowest BCUT2D eigenvalue weighted by Crippen LogP contribution is -2.34. The van der Waals surface area contributed by atoms with E-state index < -0.39 is 5.97 Å². The highest BCUT2D eigenvalue weighted by molar-refractivity contribution is 7.20. The molecule has 0 aliphatic carbocycles. The van der Waals surface area contributed by atoms with E-state index in [9.17, 15) is 9.59 Å². The van der Waals surface area contributed by atoms with E-state index in [0.29, 0.717) is 18.0 Å². The molecule has 0 aliphatic rings. The van der Waals surface area contributed by atoms with Gasteiger partial charge in [0.1, 0.15) is 9.71 Å². The van der Waals surface area contributed by atoms with Crippen LogP contribution in [0.5, 0.6) is 0 Å². The summed E-state index contributed by atoms with van der Waals surface area (Å²) in [5.74, 6) is -0.737. The number of hydrogen-bond donors (Lipinski definition) is 0. The fourth-order valence-corrected chi connectivity index (χ4v) is 4.33. The lowest BCUT2D eigenvalue weighted by Gasteiger charge is -2.20. The van der Waals surface area contributed by atoms with Crippen LogP contribution < -0.4 is 0 Å². The van der Waals surface area contributed by atoms with Crippen molar-refractivity contribution in [2.75, 3.05) is 13.2 Å². The maximum absolute atomic E-state index is 12.4. The number of carbonyl (C=O) groups excluding carboxylic acids is 2. The molecule has 0 aromatic carbocycles. The first-order valence-corrected chi connectivity index (χ1v) is 9.70.